The van der Waals surface area contributed by atoms with Crippen molar-refractivity contribution in [1.82, 2.24) is 0 Å². The molecule has 0 heteroatoms. The summed E-state index contributed by atoms with van der Waals surface area (Å²) < 4.78 is 0. The zero-order valence-electron chi connectivity index (χ0n) is 19.2. The second-order valence-corrected chi connectivity index (χ2v) is 11.2. The predicted molar refractivity (Wildman–Crippen MR) is 142 cm³/mol. The molecule has 0 spiro atoms. The van der Waals surface area contributed by atoms with Crippen molar-refractivity contribution in [2.24, 2.45) is 0 Å². The number of rotatable bonds is 2. The Hall–Kier alpha value is -3.38. The third-order valence-electron chi connectivity index (χ3n) is 9.72. The topological polar surface area (TPSA) is 0 Å². The molecule has 0 aromatic heterocycles. The van der Waals surface area contributed by atoms with Crippen LogP contribution in [-0.2, 0) is 0 Å². The van der Waals surface area contributed by atoms with Gasteiger partial charge in [-0.2, -0.15) is 0 Å². The van der Waals surface area contributed by atoms with Crippen molar-refractivity contribution >= 4 is 21.5 Å². The van der Waals surface area contributed by atoms with E-state index >= 15 is 0 Å². The van der Waals surface area contributed by atoms with E-state index in [1.165, 1.54) is 69.5 Å². The Morgan fingerprint density at radius 1 is 0.382 bits per heavy atom. The Balaban J connectivity index is 1.44. The molecule has 34 heavy (non-hydrogen) atoms. The lowest BCUT2D eigenvalue weighted by molar-refractivity contribution is 0.406. The van der Waals surface area contributed by atoms with E-state index in [0.29, 0.717) is 0 Å². The molecule has 0 N–H and O–H groups in total. The normalized spacial score (nSPS) is 25.2. The van der Waals surface area contributed by atoms with Gasteiger partial charge >= 0.3 is 0 Å². The van der Waals surface area contributed by atoms with Gasteiger partial charge < -0.3 is 0 Å². The first-order valence-corrected chi connectivity index (χ1v) is 13.1. The molecule has 0 unspecified atom stereocenters. The van der Waals surface area contributed by atoms with E-state index in [1.807, 2.05) is 0 Å². The lowest BCUT2D eigenvalue weighted by atomic mass is 9.79. The molecule has 0 saturated heterocycles. The van der Waals surface area contributed by atoms with Crippen LogP contribution in [0, 0.1) is 0 Å². The van der Waals surface area contributed by atoms with Gasteiger partial charge in [-0.25, -0.2) is 0 Å². The summed E-state index contributed by atoms with van der Waals surface area (Å²) in [5.41, 5.74) is 12.4. The molecule has 11 rings (SSSR count). The highest BCUT2D eigenvalue weighted by Gasteiger charge is 2.44. The van der Waals surface area contributed by atoms with Gasteiger partial charge in [-0.3, -0.25) is 0 Å². The number of hydrogen-bond donors (Lipinski definition) is 0. The molecule has 0 heterocycles. The van der Waals surface area contributed by atoms with E-state index < -0.39 is 0 Å². The Kier molecular flexibility index (Phi) is 3.28. The number of fused-ring (bicyclic) bond motifs is 2. The minimum Gasteiger partial charge on any atom is -0.0616 e. The summed E-state index contributed by atoms with van der Waals surface area (Å²) >= 11 is 0. The maximum Gasteiger partial charge on any atom is -0.00234 e. The van der Waals surface area contributed by atoms with Crippen LogP contribution in [0.15, 0.2) is 84.9 Å². The summed E-state index contributed by atoms with van der Waals surface area (Å²) in [6.45, 7) is 0. The minimum atomic E-state index is 0.762. The molecule has 5 aromatic carbocycles. The summed E-state index contributed by atoms with van der Waals surface area (Å²) in [7, 11) is 0. The lowest BCUT2D eigenvalue weighted by Gasteiger charge is -2.25. The SMILES string of the molecule is c1cc(-c2c3ccccc3c(-c3cccc4c3C3CC4C3)c3ccccc23)c2c(c1)C1CC2C1. The molecule has 5 aromatic rings. The van der Waals surface area contributed by atoms with Crippen LogP contribution in [0.25, 0.3) is 43.8 Å². The van der Waals surface area contributed by atoms with E-state index in [1.54, 1.807) is 22.3 Å². The highest BCUT2D eigenvalue weighted by Crippen LogP contribution is 2.62. The maximum atomic E-state index is 2.41. The molecule has 6 aliphatic rings. The minimum absolute atomic E-state index is 0.762. The maximum absolute atomic E-state index is 2.41. The molecule has 162 valence electrons. The lowest BCUT2D eigenvalue weighted by Crippen LogP contribution is -2.07. The van der Waals surface area contributed by atoms with E-state index in [2.05, 4.69) is 84.9 Å². The fraction of sp³-hybridized carbons (Fsp3) is 0.235. The van der Waals surface area contributed by atoms with E-state index in [0.717, 1.165) is 23.7 Å². The predicted octanol–water partition coefficient (Wildman–Crippen LogP) is 9.28. The van der Waals surface area contributed by atoms with E-state index in [-0.39, 0.29) is 0 Å². The molecule has 2 saturated carbocycles. The third kappa shape index (κ3) is 2.07. The summed E-state index contributed by atoms with van der Waals surface area (Å²) in [5, 5.41) is 5.65. The van der Waals surface area contributed by atoms with Gasteiger partial charge in [0.05, 0.1) is 0 Å². The van der Waals surface area contributed by atoms with Gasteiger partial charge in [0.25, 0.3) is 0 Å². The summed E-state index contributed by atoms with van der Waals surface area (Å²) in [6, 6.07) is 32.7. The first-order valence-electron chi connectivity index (χ1n) is 13.1. The summed E-state index contributed by atoms with van der Waals surface area (Å²) in [4.78, 5) is 0. The van der Waals surface area contributed by atoms with Crippen LogP contribution in [0.2, 0.25) is 0 Å². The van der Waals surface area contributed by atoms with Gasteiger partial charge in [0.15, 0.2) is 0 Å². The van der Waals surface area contributed by atoms with Gasteiger partial charge in [0.1, 0.15) is 0 Å². The first kappa shape index (κ1) is 18.0. The molecule has 4 bridgehead atoms. The molecule has 6 aliphatic carbocycles. The molecule has 0 aliphatic heterocycles. The second kappa shape index (κ2) is 6.19. The highest BCUT2D eigenvalue weighted by molar-refractivity contribution is 6.22. The van der Waals surface area contributed by atoms with Crippen molar-refractivity contribution < 1.29 is 0 Å². The van der Waals surface area contributed by atoms with E-state index in [4.69, 9.17) is 0 Å². The molecule has 0 nitrogen and oxygen atoms in total. The Labute approximate surface area is 200 Å². The van der Waals surface area contributed by atoms with Gasteiger partial charge in [-0.05, 0) is 115 Å². The largest absolute Gasteiger partial charge is 0.0616 e. The molecule has 2 fully saturated rings. The fourth-order valence-corrected chi connectivity index (χ4v) is 8.15. The molecular formula is C34H26. The first-order chi connectivity index (χ1) is 16.9. The number of hydrogen-bond acceptors (Lipinski definition) is 0. The van der Waals surface area contributed by atoms with Crippen LogP contribution in [-0.4, -0.2) is 0 Å². The molecular weight excluding hydrogens is 408 g/mol. The third-order valence-corrected chi connectivity index (χ3v) is 9.72. The van der Waals surface area contributed by atoms with Gasteiger partial charge in [0, 0.05) is 0 Å². The van der Waals surface area contributed by atoms with Crippen molar-refractivity contribution in [3.8, 4) is 22.3 Å². The van der Waals surface area contributed by atoms with Crippen molar-refractivity contribution in [2.45, 2.75) is 49.4 Å². The van der Waals surface area contributed by atoms with Crippen LogP contribution in [0.5, 0.6) is 0 Å². The highest BCUT2D eigenvalue weighted by atomic mass is 14.5. The van der Waals surface area contributed by atoms with Crippen molar-refractivity contribution in [3.05, 3.63) is 107 Å². The van der Waals surface area contributed by atoms with Crippen LogP contribution < -0.4 is 0 Å². The van der Waals surface area contributed by atoms with Crippen molar-refractivity contribution in [2.75, 3.05) is 0 Å². The summed E-state index contributed by atoms with van der Waals surface area (Å²) in [6.07, 6.45) is 5.44. The van der Waals surface area contributed by atoms with Crippen LogP contribution >= 0.6 is 0 Å². The van der Waals surface area contributed by atoms with Crippen LogP contribution in [0.4, 0.5) is 0 Å². The Bertz CT molecular complexity index is 1490. The Morgan fingerprint density at radius 2 is 0.765 bits per heavy atom. The quantitative estimate of drug-likeness (QED) is 0.243. The molecule has 0 amide bonds. The van der Waals surface area contributed by atoms with Gasteiger partial charge in [-0.1, -0.05) is 84.9 Å². The Morgan fingerprint density at radius 3 is 1.15 bits per heavy atom. The van der Waals surface area contributed by atoms with E-state index in [9.17, 15) is 0 Å². The monoisotopic (exact) mass is 434 g/mol. The average molecular weight is 435 g/mol. The van der Waals surface area contributed by atoms with Gasteiger partial charge in [-0.15, -0.1) is 0 Å². The molecule has 0 radical (unpaired) electrons. The zero-order valence-corrected chi connectivity index (χ0v) is 19.2. The van der Waals surface area contributed by atoms with Gasteiger partial charge in [0.2, 0.25) is 0 Å². The van der Waals surface area contributed by atoms with Crippen molar-refractivity contribution in [1.29, 1.82) is 0 Å². The van der Waals surface area contributed by atoms with Crippen molar-refractivity contribution in [3.63, 3.8) is 0 Å². The van der Waals surface area contributed by atoms with Crippen LogP contribution in [0.1, 0.15) is 71.6 Å². The smallest absolute Gasteiger partial charge is 0.00234 e. The zero-order chi connectivity index (χ0) is 22.0. The average Bonchev–Trinajstić information content (AvgIpc) is 3.57. The second-order valence-electron chi connectivity index (χ2n) is 11.2. The van der Waals surface area contributed by atoms with Crippen LogP contribution in [0.3, 0.4) is 0 Å². The summed E-state index contributed by atoms with van der Waals surface area (Å²) in [5.74, 6) is 3.13. The number of benzene rings is 5. The fourth-order valence-electron chi connectivity index (χ4n) is 8.15. The molecule has 0 atom stereocenters. The standard InChI is InChI=1S/C34H26/c1-2-8-26-25(7-1)33(29-13-5-11-23-19-15-21(16-19)31(23)29)27-9-3-4-10-28(27)34(26)30-14-6-12-24-20-17-22(18-20)32(24)30/h1-14,19-22H,15-18H2.